The van der Waals surface area contributed by atoms with Crippen molar-refractivity contribution in [2.45, 2.75) is 157 Å². The summed E-state index contributed by atoms with van der Waals surface area (Å²) in [5.74, 6) is -16.8. The Bertz CT molecular complexity index is 2450. The molecule has 13 amide bonds. The number of carbonyl (C=O) groups excluding carboxylic acids is 13. The van der Waals surface area contributed by atoms with Crippen LogP contribution in [-0.2, 0) is 67.1 Å². The number of nitrogens with zero attached hydrogens (tertiary/aromatic N) is 2. The zero-order valence-electron chi connectivity index (χ0n) is 47.0. The number of carbonyl (C=O) groups is 14. The Morgan fingerprint density at radius 2 is 1.05 bits per heavy atom. The first-order valence-electron chi connectivity index (χ1n) is 27.3. The first kappa shape index (κ1) is 72.4. The fourth-order valence-corrected chi connectivity index (χ4v) is 13.2. The van der Waals surface area contributed by atoms with Crippen molar-refractivity contribution < 1.29 is 77.3 Å². The van der Waals surface area contributed by atoms with Crippen molar-refractivity contribution >= 4 is 132 Å². The molecule has 3 aliphatic rings. The van der Waals surface area contributed by atoms with E-state index in [1.165, 1.54) is 0 Å². The number of unbranched alkanes of at least 4 members (excludes halogenated alkanes) is 2. The molecule has 0 aromatic heterocycles. The van der Waals surface area contributed by atoms with E-state index in [0.717, 1.165) is 48.1 Å². The van der Waals surface area contributed by atoms with Crippen LogP contribution in [0, 0.1) is 0 Å². The van der Waals surface area contributed by atoms with Crippen LogP contribution in [0.2, 0.25) is 0 Å². The Morgan fingerprint density at radius 3 is 1.58 bits per heavy atom. The molecule has 3 heterocycles. The number of hydrogen-bond acceptors (Lipinski definition) is 21. The molecule has 85 heavy (non-hydrogen) atoms. The van der Waals surface area contributed by atoms with Gasteiger partial charge in [-0.3, -0.25) is 72.1 Å². The summed E-state index contributed by atoms with van der Waals surface area (Å²) in [4.78, 5) is 198. The quantitative estimate of drug-likeness (QED) is 0.0262. The molecule has 476 valence electrons. The van der Waals surface area contributed by atoms with E-state index in [2.05, 4.69) is 58.2 Å². The lowest BCUT2D eigenvalue weighted by atomic mass is 10.0. The Balaban J connectivity index is 2.36. The summed E-state index contributed by atoms with van der Waals surface area (Å²) >= 11 is 0. The van der Waals surface area contributed by atoms with Crippen molar-refractivity contribution in [3.05, 3.63) is 0 Å². The molecule has 0 spiro atoms. The monoisotopic (exact) mass is 1280 g/mol. The zero-order chi connectivity index (χ0) is 63.3. The second-order valence-corrected chi connectivity index (χ2v) is 24.9. The van der Waals surface area contributed by atoms with E-state index in [1.807, 2.05) is 6.92 Å². The van der Waals surface area contributed by atoms with Crippen LogP contribution in [0.15, 0.2) is 4.99 Å². The van der Waals surface area contributed by atoms with Crippen molar-refractivity contribution in [1.29, 1.82) is 0 Å². The highest BCUT2D eigenvalue weighted by molar-refractivity contribution is 8.77. The molecule has 33 nitrogen and oxygen atoms in total. The van der Waals surface area contributed by atoms with Crippen molar-refractivity contribution in [2.75, 3.05) is 49.3 Å². The van der Waals surface area contributed by atoms with Gasteiger partial charge in [-0.1, -0.05) is 82.7 Å². The minimum Gasteiger partial charge on any atom is -0.481 e. The largest absolute Gasteiger partial charge is 0.481 e. The number of fused-ring (bicyclic) bond motifs is 9. The fourth-order valence-electron chi connectivity index (χ4n) is 8.52. The summed E-state index contributed by atoms with van der Waals surface area (Å²) in [5, 5.41) is 45.0. The molecule has 22 N–H and O–H groups in total. The van der Waals surface area contributed by atoms with Gasteiger partial charge in [-0.05, 0) is 38.5 Å². The minimum atomic E-state index is -1.93. The van der Waals surface area contributed by atoms with Gasteiger partial charge in [0.05, 0.1) is 26.0 Å². The number of amides is 13. The van der Waals surface area contributed by atoms with Gasteiger partial charge >= 0.3 is 5.97 Å². The summed E-state index contributed by atoms with van der Waals surface area (Å²) in [6, 6.07) is -17.7. The molecule has 0 saturated carbocycles. The van der Waals surface area contributed by atoms with Gasteiger partial charge in [-0.2, -0.15) is 0 Å². The van der Waals surface area contributed by atoms with Gasteiger partial charge in [0.1, 0.15) is 66.5 Å². The molecule has 0 radical (unpaired) electrons. The van der Waals surface area contributed by atoms with E-state index in [4.69, 9.17) is 28.7 Å². The summed E-state index contributed by atoms with van der Waals surface area (Å²) in [5.41, 5.74) is 27.9. The Labute approximate surface area is 505 Å². The van der Waals surface area contributed by atoms with E-state index >= 15 is 0 Å². The maximum absolute atomic E-state index is 14.6. The van der Waals surface area contributed by atoms with E-state index < -0.39 is 187 Å². The molecular weight excluding hydrogens is 1200 g/mol. The summed E-state index contributed by atoms with van der Waals surface area (Å²) < 4.78 is 0. The third-order valence-electron chi connectivity index (χ3n) is 13.1. The number of aliphatic carboxylic acids is 1. The second-order valence-electron chi connectivity index (χ2n) is 19.8. The minimum absolute atomic E-state index is 0.0132. The lowest BCUT2D eigenvalue weighted by Gasteiger charge is -2.30. The van der Waals surface area contributed by atoms with Crippen LogP contribution in [0.4, 0.5) is 0 Å². The van der Waals surface area contributed by atoms with Gasteiger partial charge in [0.15, 0.2) is 5.96 Å². The van der Waals surface area contributed by atoms with Crippen LogP contribution in [0.3, 0.4) is 0 Å². The molecule has 3 rings (SSSR count). The first-order valence-corrected chi connectivity index (χ1v) is 32.3. The number of rotatable bonds is 18. The number of aliphatic hydroxyl groups excluding tert-OH is 1. The summed E-state index contributed by atoms with van der Waals surface area (Å²) in [7, 11) is 3.40. The van der Waals surface area contributed by atoms with Crippen molar-refractivity contribution in [3.63, 3.8) is 0 Å². The van der Waals surface area contributed by atoms with Crippen LogP contribution in [0.25, 0.3) is 0 Å². The van der Waals surface area contributed by atoms with Gasteiger partial charge in [0, 0.05) is 36.1 Å². The SMILES string of the molecule is CCCC[C@@H]1NC(=O)[C@H](CCCC)NC(=O)[C@H](CC(N)=O)NC(=O)[C@@H]2CSSC[C@H](NC(=O)CN)C(=O)N[C@@H](CSSC[C@@H](C(N)=O)NC1=O)C(=O)N[C@@H](CO)C(=O)N[C@@H](CC(=O)O)C(=O)N1CCC[C@H]1C(=O)N[C@@H](CCCN=C(N)N)C(=O)N2. The number of hydrogen-bond donors (Lipinski definition) is 17. The third-order valence-corrected chi connectivity index (χ3v) is 17.9. The van der Waals surface area contributed by atoms with Crippen LogP contribution in [0.5, 0.6) is 0 Å². The van der Waals surface area contributed by atoms with Crippen LogP contribution in [-0.4, -0.2) is 220 Å². The predicted octanol–water partition coefficient (Wildman–Crippen LogP) is -7.16. The number of nitrogens with one attached hydrogen (secondary N) is 10. The molecule has 0 aromatic rings. The normalized spacial score (nSPS) is 27.1. The van der Waals surface area contributed by atoms with Crippen molar-refractivity contribution in [1.82, 2.24) is 58.1 Å². The van der Waals surface area contributed by atoms with E-state index in [-0.39, 0.29) is 69.1 Å². The summed E-state index contributed by atoms with van der Waals surface area (Å²) in [6.07, 6.45) is -0.181. The second kappa shape index (κ2) is 37.6. The zero-order valence-corrected chi connectivity index (χ0v) is 50.3. The van der Waals surface area contributed by atoms with Crippen LogP contribution < -0.4 is 81.8 Å². The highest BCUT2D eigenvalue weighted by Gasteiger charge is 2.42. The van der Waals surface area contributed by atoms with Gasteiger partial charge < -0.3 is 96.9 Å². The lowest BCUT2D eigenvalue weighted by Crippen LogP contribution is -2.61. The molecule has 3 saturated heterocycles. The molecule has 0 aliphatic carbocycles. The number of aliphatic imine (C=N–C) groups is 1. The molecule has 37 heteroatoms. The number of carboxylic acids is 1. The summed E-state index contributed by atoms with van der Waals surface area (Å²) in [6.45, 7) is 1.60. The molecule has 3 aliphatic heterocycles. The van der Waals surface area contributed by atoms with Crippen molar-refractivity contribution in [3.8, 4) is 0 Å². The molecule has 0 unspecified atom stereocenters. The number of primary amides is 2. The van der Waals surface area contributed by atoms with Crippen molar-refractivity contribution in [2.24, 2.45) is 33.7 Å². The first-order chi connectivity index (χ1) is 40.3. The standard InChI is InChI=1S/C48H79N17O16S4/c1-3-5-9-23-38(72)56-24(10-6-4-2)39(73)62-29(37(51)71)19-82-84-22-32-45(79)61-28(18-66)42(76)60-27(16-36(69)70)47(81)65-14-8-12-33(65)46(80)58-25(11-7-13-54-48(52)53)40(74)63-31(44(78)59-26(15-34(50)67)41(75)57-23)21-85-83-20-30(43(77)64-32)55-35(68)17-49/h23-33,66H,3-22,49H2,1-2H3,(H2,50,67)(H2,51,71)(H,55,68)(H,56,72)(H,57,75)(H,58,80)(H,59,78)(H,60,76)(H,61,79)(H,62,73)(H,63,74)(H,64,77)(H,69,70)(H4,52,53,54)/t23-,24-,25-,26-,27-,28-,29-,30-,31-,32-,33-/m0/s1. The molecular formula is C48H79N17O16S4. The highest BCUT2D eigenvalue weighted by Crippen LogP contribution is 2.26. The third kappa shape index (κ3) is 25.0. The Hall–Kier alpha value is -6.83. The van der Waals surface area contributed by atoms with Gasteiger partial charge in [-0.25, -0.2) is 0 Å². The Kier molecular flexibility index (Phi) is 32.0. The maximum atomic E-state index is 14.6. The van der Waals surface area contributed by atoms with Crippen LogP contribution >= 0.6 is 43.2 Å². The number of nitrogens with two attached hydrogens (primary N) is 5. The highest BCUT2D eigenvalue weighted by atomic mass is 33.1. The molecule has 3 fully saturated rings. The number of carboxylic acid groups (broad SMARTS) is 1. The van der Waals surface area contributed by atoms with E-state index in [1.54, 1.807) is 6.92 Å². The van der Waals surface area contributed by atoms with Gasteiger partial charge in [-0.15, -0.1) is 0 Å². The maximum Gasteiger partial charge on any atom is 0.305 e. The Morgan fingerprint density at radius 1 is 0.576 bits per heavy atom. The average Bonchev–Trinajstić information content (AvgIpc) is 4.18. The molecule has 2 bridgehead atoms. The predicted molar refractivity (Wildman–Crippen MR) is 314 cm³/mol. The molecule has 11 atom stereocenters. The van der Waals surface area contributed by atoms with E-state index in [0.29, 0.717) is 25.7 Å². The van der Waals surface area contributed by atoms with Gasteiger partial charge in [0.2, 0.25) is 76.8 Å². The van der Waals surface area contributed by atoms with Crippen LogP contribution in [0.1, 0.15) is 90.9 Å². The molecule has 0 aromatic carbocycles. The van der Waals surface area contributed by atoms with E-state index in [9.17, 15) is 77.3 Å². The average molecular weight is 1280 g/mol. The lowest BCUT2D eigenvalue weighted by molar-refractivity contribution is -0.146. The fraction of sp³-hybridized carbons (Fsp3) is 0.688. The van der Waals surface area contributed by atoms with Gasteiger partial charge in [0.25, 0.3) is 0 Å². The number of aliphatic hydroxyl groups is 1. The number of guanidine groups is 1. The topological polar surface area (TPSA) is 545 Å². The smallest absolute Gasteiger partial charge is 0.305 e.